The molecule has 1 aromatic rings. The first-order valence-electron chi connectivity index (χ1n) is 6.95. The molecule has 0 aliphatic carbocycles. The molecule has 0 radical (unpaired) electrons. The van der Waals surface area contributed by atoms with Gasteiger partial charge in [0.25, 0.3) is 0 Å². The molecule has 1 fully saturated rings. The molecule has 0 aromatic carbocycles. The van der Waals surface area contributed by atoms with Crippen LogP contribution >= 0.6 is 0 Å². The monoisotopic (exact) mass is 315 g/mol. The van der Waals surface area contributed by atoms with Gasteiger partial charge in [-0.3, -0.25) is 0 Å². The van der Waals surface area contributed by atoms with Crippen molar-refractivity contribution in [2.45, 2.75) is 25.7 Å². The second-order valence-corrected chi connectivity index (χ2v) is 6.75. The van der Waals surface area contributed by atoms with Crippen LogP contribution in [0.2, 0.25) is 0 Å². The minimum Gasteiger partial charge on any atom is -0.368 e. The standard InChI is InChI=1S/C11H21N7O2S/c12-9-15-10(14-5-4-8-21(13,19)20)17-11(16-9)18-6-2-1-3-7-18/h1-8H2,(H2,13,19,20)(H3,12,14,15,16,17). The van der Waals surface area contributed by atoms with Gasteiger partial charge in [0.2, 0.25) is 27.9 Å². The maximum absolute atomic E-state index is 10.8. The molecular weight excluding hydrogens is 294 g/mol. The van der Waals surface area contributed by atoms with Gasteiger partial charge in [-0.15, -0.1) is 0 Å². The van der Waals surface area contributed by atoms with E-state index in [1.54, 1.807) is 0 Å². The molecule has 10 heteroatoms. The normalized spacial score (nSPS) is 16.0. The first-order valence-corrected chi connectivity index (χ1v) is 8.66. The first kappa shape index (κ1) is 15.7. The lowest BCUT2D eigenvalue weighted by Crippen LogP contribution is -2.31. The molecule has 2 rings (SSSR count). The Balaban J connectivity index is 1.95. The largest absolute Gasteiger partial charge is 0.368 e. The van der Waals surface area contributed by atoms with E-state index >= 15 is 0 Å². The molecule has 1 aliphatic rings. The minimum absolute atomic E-state index is 0.0838. The molecule has 1 saturated heterocycles. The van der Waals surface area contributed by atoms with Crippen LogP contribution in [-0.2, 0) is 10.0 Å². The number of nitrogens with zero attached hydrogens (tertiary/aromatic N) is 4. The van der Waals surface area contributed by atoms with Crippen molar-refractivity contribution in [1.82, 2.24) is 15.0 Å². The number of sulfonamides is 1. The van der Waals surface area contributed by atoms with Crippen LogP contribution in [-0.4, -0.2) is 48.8 Å². The highest BCUT2D eigenvalue weighted by Crippen LogP contribution is 2.17. The Morgan fingerprint density at radius 1 is 1.14 bits per heavy atom. The Hall–Kier alpha value is -1.68. The summed E-state index contributed by atoms with van der Waals surface area (Å²) in [4.78, 5) is 14.6. The summed E-state index contributed by atoms with van der Waals surface area (Å²) < 4.78 is 21.7. The van der Waals surface area contributed by atoms with E-state index in [0.717, 1.165) is 25.9 Å². The maximum atomic E-state index is 10.8. The van der Waals surface area contributed by atoms with E-state index in [1.165, 1.54) is 6.42 Å². The number of rotatable bonds is 6. The van der Waals surface area contributed by atoms with E-state index in [1.807, 2.05) is 0 Å². The van der Waals surface area contributed by atoms with Crippen molar-refractivity contribution < 1.29 is 8.42 Å². The van der Waals surface area contributed by atoms with Crippen molar-refractivity contribution in [3.05, 3.63) is 0 Å². The molecule has 0 amide bonds. The van der Waals surface area contributed by atoms with Crippen LogP contribution < -0.4 is 21.1 Å². The molecule has 9 nitrogen and oxygen atoms in total. The summed E-state index contributed by atoms with van der Waals surface area (Å²) in [6, 6.07) is 0. The molecule has 1 aliphatic heterocycles. The zero-order chi connectivity index (χ0) is 15.3. The quantitative estimate of drug-likeness (QED) is 0.599. The number of hydrogen-bond acceptors (Lipinski definition) is 8. The number of nitrogens with two attached hydrogens (primary N) is 2. The van der Waals surface area contributed by atoms with Gasteiger partial charge in [-0.25, -0.2) is 13.6 Å². The maximum Gasteiger partial charge on any atom is 0.231 e. The van der Waals surface area contributed by atoms with E-state index in [9.17, 15) is 8.42 Å². The van der Waals surface area contributed by atoms with Crippen molar-refractivity contribution in [2.24, 2.45) is 5.14 Å². The zero-order valence-corrected chi connectivity index (χ0v) is 12.6. The molecule has 2 heterocycles. The molecule has 0 saturated carbocycles. The highest BCUT2D eigenvalue weighted by molar-refractivity contribution is 7.89. The molecule has 0 spiro atoms. The van der Waals surface area contributed by atoms with E-state index in [0.29, 0.717) is 24.9 Å². The van der Waals surface area contributed by atoms with Crippen LogP contribution in [0.3, 0.4) is 0 Å². The van der Waals surface area contributed by atoms with Crippen LogP contribution in [0.15, 0.2) is 0 Å². The fraction of sp³-hybridized carbons (Fsp3) is 0.727. The summed E-state index contributed by atoms with van der Waals surface area (Å²) in [6.45, 7) is 2.22. The second-order valence-electron chi connectivity index (χ2n) is 5.01. The van der Waals surface area contributed by atoms with Gasteiger partial charge in [-0.05, 0) is 25.7 Å². The number of aromatic nitrogens is 3. The summed E-state index contributed by atoms with van der Waals surface area (Å²) in [6.07, 6.45) is 3.82. The second kappa shape index (κ2) is 6.85. The van der Waals surface area contributed by atoms with Crippen LogP contribution in [0.4, 0.5) is 17.8 Å². The average molecular weight is 315 g/mol. The third kappa shape index (κ3) is 5.31. The highest BCUT2D eigenvalue weighted by Gasteiger charge is 2.15. The van der Waals surface area contributed by atoms with Crippen LogP contribution in [0.1, 0.15) is 25.7 Å². The summed E-state index contributed by atoms with van der Waals surface area (Å²) in [5.74, 6) is 0.993. The third-order valence-electron chi connectivity index (χ3n) is 3.17. The van der Waals surface area contributed by atoms with E-state index in [-0.39, 0.29) is 11.7 Å². The lowest BCUT2D eigenvalue weighted by atomic mass is 10.1. The van der Waals surface area contributed by atoms with Gasteiger partial charge >= 0.3 is 0 Å². The number of nitrogens with one attached hydrogen (secondary N) is 1. The van der Waals surface area contributed by atoms with Gasteiger partial charge < -0.3 is 16.0 Å². The lowest BCUT2D eigenvalue weighted by Gasteiger charge is -2.26. The van der Waals surface area contributed by atoms with Crippen LogP contribution in [0.5, 0.6) is 0 Å². The van der Waals surface area contributed by atoms with E-state index < -0.39 is 10.0 Å². The predicted octanol–water partition coefficient (Wildman–Crippen LogP) is -0.465. The Morgan fingerprint density at radius 3 is 2.52 bits per heavy atom. The fourth-order valence-corrected chi connectivity index (χ4v) is 2.72. The molecular formula is C11H21N7O2S. The Labute approximate surface area is 124 Å². The van der Waals surface area contributed by atoms with Crippen LogP contribution in [0.25, 0.3) is 0 Å². The lowest BCUT2D eigenvalue weighted by molar-refractivity contribution is 0.568. The number of anilines is 3. The van der Waals surface area contributed by atoms with Crippen molar-refractivity contribution in [1.29, 1.82) is 0 Å². The van der Waals surface area contributed by atoms with Gasteiger partial charge in [-0.1, -0.05) is 0 Å². The number of hydrogen-bond donors (Lipinski definition) is 3. The summed E-state index contributed by atoms with van der Waals surface area (Å²) in [5.41, 5.74) is 5.69. The van der Waals surface area contributed by atoms with Crippen molar-refractivity contribution in [3.63, 3.8) is 0 Å². The van der Waals surface area contributed by atoms with Gasteiger partial charge in [0.1, 0.15) is 0 Å². The van der Waals surface area contributed by atoms with E-state index in [4.69, 9.17) is 10.9 Å². The van der Waals surface area contributed by atoms with E-state index in [2.05, 4.69) is 25.2 Å². The number of nitrogen functional groups attached to an aromatic ring is 1. The molecule has 1 aromatic heterocycles. The fourth-order valence-electron chi connectivity index (χ4n) is 2.17. The molecule has 21 heavy (non-hydrogen) atoms. The SMILES string of the molecule is Nc1nc(NCCCS(N)(=O)=O)nc(N2CCCCC2)n1. The van der Waals surface area contributed by atoms with Gasteiger partial charge in [0.15, 0.2) is 0 Å². The Bertz CT molecular complexity index is 572. The topological polar surface area (TPSA) is 140 Å². The number of piperidine rings is 1. The third-order valence-corrected chi connectivity index (χ3v) is 4.03. The van der Waals surface area contributed by atoms with Gasteiger partial charge in [0.05, 0.1) is 5.75 Å². The van der Waals surface area contributed by atoms with Gasteiger partial charge in [0, 0.05) is 19.6 Å². The minimum atomic E-state index is -3.44. The highest BCUT2D eigenvalue weighted by atomic mass is 32.2. The molecule has 5 N–H and O–H groups in total. The summed E-state index contributed by atoms with van der Waals surface area (Å²) in [5, 5.41) is 7.89. The van der Waals surface area contributed by atoms with Crippen LogP contribution in [0, 0.1) is 0 Å². The van der Waals surface area contributed by atoms with Crippen molar-refractivity contribution >= 4 is 27.9 Å². The molecule has 0 unspecified atom stereocenters. The Morgan fingerprint density at radius 2 is 1.86 bits per heavy atom. The Kier molecular flexibility index (Phi) is 5.12. The zero-order valence-electron chi connectivity index (χ0n) is 11.8. The number of primary sulfonamides is 1. The smallest absolute Gasteiger partial charge is 0.231 e. The molecule has 0 atom stereocenters. The summed E-state index contributed by atoms with van der Waals surface area (Å²) in [7, 11) is -3.44. The molecule has 118 valence electrons. The van der Waals surface area contributed by atoms with Gasteiger partial charge in [-0.2, -0.15) is 15.0 Å². The average Bonchev–Trinajstić information content (AvgIpc) is 2.43. The van der Waals surface area contributed by atoms with Crippen molar-refractivity contribution in [2.75, 3.05) is 41.3 Å². The summed E-state index contributed by atoms with van der Waals surface area (Å²) >= 11 is 0. The molecule has 0 bridgehead atoms. The first-order chi connectivity index (χ1) is 9.94. The predicted molar refractivity (Wildman–Crippen MR) is 81.4 cm³/mol. The van der Waals surface area contributed by atoms with Crippen molar-refractivity contribution in [3.8, 4) is 0 Å².